The molecule has 1 aliphatic heterocycles. The van der Waals surface area contributed by atoms with Crippen LogP contribution in [0.2, 0.25) is 15.1 Å². The van der Waals surface area contributed by atoms with Gasteiger partial charge in [0, 0.05) is 32.7 Å². The maximum Gasteiger partial charge on any atom is 0.231 e. The van der Waals surface area contributed by atoms with Gasteiger partial charge in [-0.15, -0.1) is 0 Å². The van der Waals surface area contributed by atoms with Crippen LogP contribution >= 0.6 is 34.8 Å². The Hall–Kier alpha value is -2.14. The Kier molecular flexibility index (Phi) is 6.52. The Labute approximate surface area is 194 Å². The van der Waals surface area contributed by atoms with Gasteiger partial charge in [0.15, 0.2) is 0 Å². The van der Waals surface area contributed by atoms with Crippen molar-refractivity contribution in [3.05, 3.63) is 98.5 Å². The van der Waals surface area contributed by atoms with Crippen molar-refractivity contribution in [3.63, 3.8) is 0 Å². The summed E-state index contributed by atoms with van der Waals surface area (Å²) in [6.07, 6.45) is 1.45. The molecule has 1 saturated heterocycles. The molecule has 2 nitrogen and oxygen atoms in total. The fraction of sp³-hybridized carbons (Fsp3) is 0.208. The molecule has 4 rings (SSSR count). The van der Waals surface area contributed by atoms with E-state index in [4.69, 9.17) is 34.8 Å². The standard InChI is InChI=1S/C24H18Cl3F2NO/c25-16-2-5-20(6-3-16)30-23(21-7-4-17(26)12-22(21)27)8-1-15(24(30)31)9-14-10-18(28)13-19(29)11-14/h2-7,10-13,15,23H,1,8-9H2/t15-,23?/m1/s1. The summed E-state index contributed by atoms with van der Waals surface area (Å²) in [6, 6.07) is 15.3. The van der Waals surface area contributed by atoms with Crippen molar-refractivity contribution in [2.45, 2.75) is 25.3 Å². The zero-order valence-electron chi connectivity index (χ0n) is 16.3. The quantitative estimate of drug-likeness (QED) is 0.375. The van der Waals surface area contributed by atoms with E-state index in [-0.39, 0.29) is 18.4 Å². The molecule has 160 valence electrons. The second-order valence-electron chi connectivity index (χ2n) is 7.62. The van der Waals surface area contributed by atoms with E-state index in [0.717, 1.165) is 11.6 Å². The van der Waals surface area contributed by atoms with E-state index >= 15 is 0 Å². The van der Waals surface area contributed by atoms with Crippen LogP contribution in [0.5, 0.6) is 0 Å². The monoisotopic (exact) mass is 479 g/mol. The molecule has 0 radical (unpaired) electrons. The van der Waals surface area contributed by atoms with E-state index < -0.39 is 17.6 Å². The lowest BCUT2D eigenvalue weighted by Crippen LogP contribution is -2.44. The molecular formula is C24H18Cl3F2NO. The number of piperidine rings is 1. The van der Waals surface area contributed by atoms with Gasteiger partial charge in [0.1, 0.15) is 11.6 Å². The Morgan fingerprint density at radius 1 is 0.839 bits per heavy atom. The van der Waals surface area contributed by atoms with E-state index in [1.807, 2.05) is 6.07 Å². The summed E-state index contributed by atoms with van der Waals surface area (Å²) in [5, 5.41) is 1.55. The van der Waals surface area contributed by atoms with Gasteiger partial charge in [-0.25, -0.2) is 8.78 Å². The van der Waals surface area contributed by atoms with Crippen LogP contribution in [0.4, 0.5) is 14.5 Å². The van der Waals surface area contributed by atoms with Gasteiger partial charge in [-0.3, -0.25) is 4.79 Å². The zero-order valence-corrected chi connectivity index (χ0v) is 18.6. The zero-order chi connectivity index (χ0) is 22.1. The molecule has 1 unspecified atom stereocenters. The summed E-state index contributed by atoms with van der Waals surface area (Å²) in [7, 11) is 0. The molecule has 1 heterocycles. The number of anilines is 1. The van der Waals surface area contributed by atoms with Crippen molar-refractivity contribution in [2.75, 3.05) is 4.90 Å². The van der Waals surface area contributed by atoms with Crippen molar-refractivity contribution < 1.29 is 13.6 Å². The fourth-order valence-electron chi connectivity index (χ4n) is 4.14. The van der Waals surface area contributed by atoms with Crippen LogP contribution in [0.15, 0.2) is 60.7 Å². The van der Waals surface area contributed by atoms with Crippen LogP contribution < -0.4 is 4.90 Å². The van der Waals surface area contributed by atoms with Crippen LogP contribution in [0, 0.1) is 17.6 Å². The number of nitrogens with zero attached hydrogens (tertiary/aromatic N) is 1. The van der Waals surface area contributed by atoms with Crippen LogP contribution in [0.1, 0.15) is 30.0 Å². The minimum absolute atomic E-state index is 0.130. The van der Waals surface area contributed by atoms with E-state index in [0.29, 0.717) is 39.2 Å². The first-order valence-corrected chi connectivity index (χ1v) is 10.9. The van der Waals surface area contributed by atoms with Gasteiger partial charge in [-0.2, -0.15) is 0 Å². The number of carbonyl (C=O) groups excluding carboxylic acids is 1. The summed E-state index contributed by atoms with van der Waals surface area (Å²) in [5.74, 6) is -1.86. The van der Waals surface area contributed by atoms with Crippen molar-refractivity contribution in [1.29, 1.82) is 0 Å². The lowest BCUT2D eigenvalue weighted by atomic mass is 9.84. The van der Waals surface area contributed by atoms with Crippen molar-refractivity contribution in [3.8, 4) is 0 Å². The number of benzene rings is 3. The maximum atomic E-state index is 13.6. The van der Waals surface area contributed by atoms with Crippen LogP contribution in [-0.2, 0) is 11.2 Å². The highest BCUT2D eigenvalue weighted by Crippen LogP contribution is 2.42. The molecule has 0 aromatic heterocycles. The number of halogens is 5. The lowest BCUT2D eigenvalue weighted by molar-refractivity contribution is -0.124. The van der Waals surface area contributed by atoms with Crippen LogP contribution in [0.25, 0.3) is 0 Å². The van der Waals surface area contributed by atoms with Gasteiger partial charge < -0.3 is 4.90 Å². The highest BCUT2D eigenvalue weighted by molar-refractivity contribution is 6.35. The summed E-state index contributed by atoms with van der Waals surface area (Å²) in [4.78, 5) is 15.3. The topological polar surface area (TPSA) is 20.3 Å². The molecule has 1 fully saturated rings. The third kappa shape index (κ3) is 4.87. The summed E-state index contributed by atoms with van der Waals surface area (Å²) in [6.45, 7) is 0. The van der Waals surface area contributed by atoms with E-state index in [9.17, 15) is 13.6 Å². The van der Waals surface area contributed by atoms with Crippen molar-refractivity contribution in [2.24, 2.45) is 5.92 Å². The average molecular weight is 481 g/mol. The van der Waals surface area contributed by atoms with Gasteiger partial charge in [0.05, 0.1) is 6.04 Å². The average Bonchev–Trinajstić information content (AvgIpc) is 2.70. The fourth-order valence-corrected chi connectivity index (χ4v) is 4.80. The Bertz CT molecular complexity index is 1100. The molecule has 0 bridgehead atoms. The van der Waals surface area contributed by atoms with Crippen LogP contribution in [-0.4, -0.2) is 5.91 Å². The smallest absolute Gasteiger partial charge is 0.231 e. The van der Waals surface area contributed by atoms with Gasteiger partial charge in [-0.1, -0.05) is 40.9 Å². The van der Waals surface area contributed by atoms with Crippen LogP contribution in [0.3, 0.4) is 0 Å². The summed E-state index contributed by atoms with van der Waals surface area (Å²) in [5.41, 5.74) is 1.93. The second kappa shape index (κ2) is 9.15. The van der Waals surface area contributed by atoms with Crippen molar-refractivity contribution in [1.82, 2.24) is 0 Å². The molecule has 1 amide bonds. The number of amides is 1. The lowest BCUT2D eigenvalue weighted by Gasteiger charge is -2.40. The Balaban J connectivity index is 1.70. The third-order valence-electron chi connectivity index (χ3n) is 5.52. The molecule has 0 N–H and O–H groups in total. The van der Waals surface area contributed by atoms with Gasteiger partial charge in [0.2, 0.25) is 5.91 Å². The summed E-state index contributed by atoms with van der Waals surface area (Å²) >= 11 is 18.6. The Morgan fingerprint density at radius 2 is 1.48 bits per heavy atom. The molecule has 3 aromatic rings. The molecule has 0 spiro atoms. The van der Waals surface area contributed by atoms with Crippen molar-refractivity contribution >= 4 is 46.4 Å². The normalized spacial score (nSPS) is 19.0. The highest BCUT2D eigenvalue weighted by atomic mass is 35.5. The molecular weight excluding hydrogens is 463 g/mol. The largest absolute Gasteiger partial charge is 0.305 e. The number of hydrogen-bond donors (Lipinski definition) is 0. The van der Waals surface area contributed by atoms with Gasteiger partial charge >= 0.3 is 0 Å². The molecule has 7 heteroatoms. The van der Waals surface area contributed by atoms with Gasteiger partial charge in [0.25, 0.3) is 0 Å². The second-order valence-corrected chi connectivity index (χ2v) is 8.90. The summed E-state index contributed by atoms with van der Waals surface area (Å²) < 4.78 is 27.3. The first-order chi connectivity index (χ1) is 14.8. The predicted molar refractivity (Wildman–Crippen MR) is 121 cm³/mol. The molecule has 31 heavy (non-hydrogen) atoms. The maximum absolute atomic E-state index is 13.6. The first kappa shape index (κ1) is 22.1. The Morgan fingerprint density at radius 3 is 2.13 bits per heavy atom. The number of carbonyl (C=O) groups is 1. The molecule has 3 aromatic carbocycles. The molecule has 1 aliphatic rings. The third-order valence-corrected chi connectivity index (χ3v) is 6.33. The molecule has 0 saturated carbocycles. The highest BCUT2D eigenvalue weighted by Gasteiger charge is 2.38. The first-order valence-electron chi connectivity index (χ1n) is 9.80. The number of hydrogen-bond acceptors (Lipinski definition) is 1. The van der Waals surface area contributed by atoms with E-state index in [1.165, 1.54) is 12.1 Å². The molecule has 0 aliphatic carbocycles. The predicted octanol–water partition coefficient (Wildman–Crippen LogP) is 7.65. The minimum Gasteiger partial charge on any atom is -0.305 e. The minimum atomic E-state index is -0.654. The SMILES string of the molecule is O=C1[C@@H](Cc2cc(F)cc(F)c2)CCC(c2ccc(Cl)cc2Cl)N1c1ccc(Cl)cc1. The van der Waals surface area contributed by atoms with E-state index in [1.54, 1.807) is 41.3 Å². The van der Waals surface area contributed by atoms with E-state index in [2.05, 4.69) is 0 Å². The number of rotatable bonds is 4. The molecule has 2 atom stereocenters. The van der Waals surface area contributed by atoms with Gasteiger partial charge in [-0.05, 0) is 78.9 Å².